The van der Waals surface area contributed by atoms with Gasteiger partial charge in [-0.05, 0) is 30.3 Å². The van der Waals surface area contributed by atoms with E-state index in [-0.39, 0.29) is 50.3 Å². The third-order valence-corrected chi connectivity index (χ3v) is 5.58. The van der Waals surface area contributed by atoms with Crippen LogP contribution >= 0.6 is 23.2 Å². The summed E-state index contributed by atoms with van der Waals surface area (Å²) in [6, 6.07) is 11.2. The second-order valence-corrected chi connectivity index (χ2v) is 7.79. The molecule has 0 aliphatic carbocycles. The summed E-state index contributed by atoms with van der Waals surface area (Å²) in [6.45, 7) is -0.295. The number of rotatable bonds is 5. The summed E-state index contributed by atoms with van der Waals surface area (Å²) >= 11 is 12.2. The third kappa shape index (κ3) is 4.40. The number of nitrogens with zero attached hydrogens (tertiary/aromatic N) is 2. The van der Waals surface area contributed by atoms with Gasteiger partial charge < -0.3 is 14.6 Å². The molecule has 1 amide bonds. The average Bonchev–Trinajstić information content (AvgIpc) is 2.80. The lowest BCUT2D eigenvalue weighted by atomic mass is 10.1. The van der Waals surface area contributed by atoms with Crippen molar-refractivity contribution in [2.24, 2.45) is 0 Å². The second kappa shape index (κ2) is 9.17. The number of hydrogen-bond acceptors (Lipinski definition) is 4. The Kier molecular flexibility index (Phi) is 6.31. The number of halogens is 4. The summed E-state index contributed by atoms with van der Waals surface area (Å²) in [7, 11) is 1.37. The number of nitrogens with one attached hydrogen (secondary N) is 1. The predicted molar refractivity (Wildman–Crippen MR) is 122 cm³/mol. The van der Waals surface area contributed by atoms with Gasteiger partial charge in [-0.15, -0.1) is 0 Å². The number of amides is 1. The Morgan fingerprint density at radius 1 is 1.06 bits per heavy atom. The van der Waals surface area contributed by atoms with Crippen LogP contribution in [0.25, 0.3) is 11.0 Å². The molecule has 6 nitrogen and oxygen atoms in total. The summed E-state index contributed by atoms with van der Waals surface area (Å²) in [6.07, 6.45) is 1.21. The van der Waals surface area contributed by atoms with Crippen LogP contribution in [0, 0.1) is 11.6 Å². The van der Waals surface area contributed by atoms with E-state index in [9.17, 15) is 18.4 Å². The maximum Gasteiger partial charge on any atom is 0.261 e. The number of ether oxygens (including phenoxy) is 1. The Balaban J connectivity index is 1.88. The molecule has 2 aromatic heterocycles. The fraction of sp³-hybridized carbons (Fsp3) is 0.0870. The van der Waals surface area contributed by atoms with Gasteiger partial charge in [0.15, 0.2) is 0 Å². The monoisotopic (exact) mass is 489 g/mol. The molecule has 0 saturated heterocycles. The maximum absolute atomic E-state index is 14.3. The van der Waals surface area contributed by atoms with Crippen LogP contribution in [0.2, 0.25) is 10.0 Å². The minimum absolute atomic E-state index is 0.107. The van der Waals surface area contributed by atoms with Gasteiger partial charge in [-0.2, -0.15) is 0 Å². The number of carbonyl (C=O) groups excluding carboxylic acids is 1. The third-order valence-electron chi connectivity index (χ3n) is 4.95. The Hall–Kier alpha value is -3.49. The van der Waals surface area contributed by atoms with Gasteiger partial charge in [0, 0.05) is 17.8 Å². The van der Waals surface area contributed by atoms with Crippen LogP contribution in [0.15, 0.2) is 59.5 Å². The SMILES string of the molecule is COc1ccc2c(n1)c(=O)c(C(=O)Nc1c(Cl)cccc1Cl)cn2Cc1c(F)cccc1F. The number of aromatic nitrogens is 2. The largest absolute Gasteiger partial charge is 0.481 e. The summed E-state index contributed by atoms with van der Waals surface area (Å²) in [4.78, 5) is 30.3. The summed E-state index contributed by atoms with van der Waals surface area (Å²) < 4.78 is 35.1. The molecule has 4 aromatic rings. The molecule has 0 aliphatic heterocycles. The quantitative estimate of drug-likeness (QED) is 0.413. The number of anilines is 1. The first-order chi connectivity index (χ1) is 15.8. The van der Waals surface area contributed by atoms with E-state index in [0.29, 0.717) is 0 Å². The van der Waals surface area contributed by atoms with Crippen molar-refractivity contribution >= 4 is 45.8 Å². The summed E-state index contributed by atoms with van der Waals surface area (Å²) in [5, 5.41) is 2.86. The minimum Gasteiger partial charge on any atom is -0.481 e. The van der Waals surface area contributed by atoms with Crippen LogP contribution in [-0.2, 0) is 6.54 Å². The van der Waals surface area contributed by atoms with Crippen molar-refractivity contribution in [3.05, 3.63) is 97.8 Å². The maximum atomic E-state index is 14.3. The van der Waals surface area contributed by atoms with Gasteiger partial charge >= 0.3 is 0 Å². The van der Waals surface area contributed by atoms with Crippen LogP contribution in [0.4, 0.5) is 14.5 Å². The zero-order valence-corrected chi connectivity index (χ0v) is 18.5. The first kappa shape index (κ1) is 22.7. The number of carbonyl (C=O) groups is 1. The molecule has 0 aliphatic rings. The lowest BCUT2D eigenvalue weighted by molar-refractivity contribution is 0.102. The molecule has 33 heavy (non-hydrogen) atoms. The van der Waals surface area contributed by atoms with E-state index in [2.05, 4.69) is 10.3 Å². The highest BCUT2D eigenvalue weighted by Crippen LogP contribution is 2.30. The Morgan fingerprint density at radius 3 is 2.33 bits per heavy atom. The molecule has 0 saturated carbocycles. The molecule has 168 valence electrons. The standard InChI is InChI=1S/C23H15Cl2F2N3O3/c1-33-19-9-8-18-21(28-19)22(31)13(23(32)29-20-14(24)4-2-5-15(20)25)11-30(18)10-12-16(26)6-3-7-17(12)27/h2-9,11H,10H2,1H3,(H,29,32). The predicted octanol–water partition coefficient (Wildman–Crippen LogP) is 5.29. The first-order valence-electron chi connectivity index (χ1n) is 9.56. The number of methoxy groups -OCH3 is 1. The summed E-state index contributed by atoms with van der Waals surface area (Å²) in [5.41, 5.74) is -0.986. The molecule has 0 radical (unpaired) electrons. The van der Waals surface area contributed by atoms with Crippen molar-refractivity contribution in [2.75, 3.05) is 12.4 Å². The van der Waals surface area contributed by atoms with E-state index in [1.54, 1.807) is 6.07 Å². The lowest BCUT2D eigenvalue weighted by Crippen LogP contribution is -2.25. The molecule has 0 bridgehead atoms. The van der Waals surface area contributed by atoms with Crippen LogP contribution in [-0.4, -0.2) is 22.6 Å². The number of fused-ring (bicyclic) bond motifs is 1. The average molecular weight is 490 g/mol. The van der Waals surface area contributed by atoms with Crippen LogP contribution in [0.3, 0.4) is 0 Å². The van der Waals surface area contributed by atoms with Gasteiger partial charge in [-0.25, -0.2) is 13.8 Å². The normalized spacial score (nSPS) is 10.9. The molecule has 0 atom stereocenters. The molecule has 0 unspecified atom stereocenters. The Morgan fingerprint density at radius 2 is 1.70 bits per heavy atom. The zero-order valence-electron chi connectivity index (χ0n) is 17.0. The second-order valence-electron chi connectivity index (χ2n) is 6.97. The van der Waals surface area contributed by atoms with Gasteiger partial charge in [-0.1, -0.05) is 35.3 Å². The number of hydrogen-bond donors (Lipinski definition) is 1. The smallest absolute Gasteiger partial charge is 0.261 e. The van der Waals surface area contributed by atoms with Crippen LogP contribution in [0.1, 0.15) is 15.9 Å². The van der Waals surface area contributed by atoms with E-state index >= 15 is 0 Å². The number of benzene rings is 2. The van der Waals surface area contributed by atoms with Crippen LogP contribution in [0.5, 0.6) is 5.88 Å². The highest BCUT2D eigenvalue weighted by atomic mass is 35.5. The highest BCUT2D eigenvalue weighted by molar-refractivity contribution is 6.40. The lowest BCUT2D eigenvalue weighted by Gasteiger charge is -2.15. The molecule has 2 aromatic carbocycles. The fourth-order valence-corrected chi connectivity index (χ4v) is 3.79. The van der Waals surface area contributed by atoms with Crippen molar-refractivity contribution in [1.82, 2.24) is 9.55 Å². The molecule has 4 rings (SSSR count). The molecule has 0 spiro atoms. The van der Waals surface area contributed by atoms with E-state index in [1.165, 1.54) is 48.2 Å². The summed E-state index contributed by atoms with van der Waals surface area (Å²) in [5.74, 6) is -2.21. The molecule has 1 N–H and O–H groups in total. The van der Waals surface area contributed by atoms with Crippen LogP contribution < -0.4 is 15.5 Å². The van der Waals surface area contributed by atoms with Gasteiger partial charge in [0.1, 0.15) is 22.7 Å². The highest BCUT2D eigenvalue weighted by Gasteiger charge is 2.20. The Labute approximate surface area is 196 Å². The van der Waals surface area contributed by atoms with Crippen molar-refractivity contribution in [2.45, 2.75) is 6.54 Å². The van der Waals surface area contributed by atoms with Gasteiger partial charge in [0.25, 0.3) is 5.91 Å². The van der Waals surface area contributed by atoms with Crippen molar-refractivity contribution in [3.8, 4) is 5.88 Å². The van der Waals surface area contributed by atoms with E-state index in [4.69, 9.17) is 27.9 Å². The molecule has 10 heteroatoms. The molecule has 0 fully saturated rings. The zero-order chi connectivity index (χ0) is 23.7. The molecular weight excluding hydrogens is 475 g/mol. The number of pyridine rings is 2. The minimum atomic E-state index is -0.815. The van der Waals surface area contributed by atoms with Gasteiger partial charge in [-0.3, -0.25) is 9.59 Å². The fourth-order valence-electron chi connectivity index (χ4n) is 3.30. The van der Waals surface area contributed by atoms with Crippen molar-refractivity contribution in [3.63, 3.8) is 0 Å². The van der Waals surface area contributed by atoms with E-state index in [1.807, 2.05) is 0 Å². The molecule has 2 heterocycles. The van der Waals surface area contributed by atoms with E-state index < -0.39 is 23.0 Å². The number of para-hydroxylation sites is 1. The van der Waals surface area contributed by atoms with Crippen molar-refractivity contribution in [1.29, 1.82) is 0 Å². The topological polar surface area (TPSA) is 73.2 Å². The van der Waals surface area contributed by atoms with Crippen molar-refractivity contribution < 1.29 is 18.3 Å². The van der Waals surface area contributed by atoms with Gasteiger partial charge in [0.2, 0.25) is 11.3 Å². The molecular formula is C23H15Cl2F2N3O3. The van der Waals surface area contributed by atoms with E-state index in [0.717, 1.165) is 12.1 Å². The van der Waals surface area contributed by atoms with Gasteiger partial charge in [0.05, 0.1) is 34.9 Å². The Bertz CT molecular complexity index is 1420. The first-order valence-corrected chi connectivity index (χ1v) is 10.3.